The van der Waals surface area contributed by atoms with E-state index in [1.165, 1.54) is 12.1 Å². The second-order valence-corrected chi connectivity index (χ2v) is 6.46. The Morgan fingerprint density at radius 2 is 1.89 bits per heavy atom. The molecule has 0 bridgehead atoms. The summed E-state index contributed by atoms with van der Waals surface area (Å²) < 4.78 is 29.1. The van der Waals surface area contributed by atoms with Crippen LogP contribution in [0, 0.1) is 6.92 Å². The van der Waals surface area contributed by atoms with Crippen molar-refractivity contribution in [2.45, 2.75) is 11.8 Å². The zero-order chi connectivity index (χ0) is 13.3. The summed E-state index contributed by atoms with van der Waals surface area (Å²) in [6.07, 6.45) is 1.63. The van der Waals surface area contributed by atoms with Crippen molar-refractivity contribution in [3.05, 3.63) is 40.6 Å². The van der Waals surface area contributed by atoms with Crippen molar-refractivity contribution in [1.82, 2.24) is 9.78 Å². The average molecular weight is 330 g/mol. The van der Waals surface area contributed by atoms with Gasteiger partial charge in [0.2, 0.25) is 0 Å². The van der Waals surface area contributed by atoms with Crippen LogP contribution in [-0.4, -0.2) is 18.2 Å². The van der Waals surface area contributed by atoms with Crippen molar-refractivity contribution in [2.24, 2.45) is 7.05 Å². The van der Waals surface area contributed by atoms with E-state index in [0.29, 0.717) is 11.4 Å². The van der Waals surface area contributed by atoms with Gasteiger partial charge in [0, 0.05) is 17.7 Å². The lowest BCUT2D eigenvalue weighted by Crippen LogP contribution is -2.13. The van der Waals surface area contributed by atoms with Gasteiger partial charge < -0.3 is 0 Å². The Balaban J connectivity index is 2.33. The van der Waals surface area contributed by atoms with E-state index in [9.17, 15) is 8.42 Å². The maximum atomic E-state index is 12.1. The monoisotopic (exact) mass is 329 g/mol. The number of sulfonamides is 1. The van der Waals surface area contributed by atoms with Crippen LogP contribution in [0.5, 0.6) is 0 Å². The first-order chi connectivity index (χ1) is 8.38. The highest BCUT2D eigenvalue weighted by Gasteiger charge is 2.16. The summed E-state index contributed by atoms with van der Waals surface area (Å²) in [7, 11) is -1.82. The number of halogens is 1. The summed E-state index contributed by atoms with van der Waals surface area (Å²) in [4.78, 5) is 0.217. The molecule has 0 radical (unpaired) electrons. The number of hydrogen-bond acceptors (Lipinski definition) is 3. The minimum Gasteiger partial charge on any atom is -0.276 e. The van der Waals surface area contributed by atoms with E-state index >= 15 is 0 Å². The Hall–Kier alpha value is -1.34. The minimum atomic E-state index is -3.56. The smallest absolute Gasteiger partial charge is 0.262 e. The van der Waals surface area contributed by atoms with E-state index in [2.05, 4.69) is 25.8 Å². The molecule has 0 spiro atoms. The molecule has 1 aromatic heterocycles. The molecule has 0 amide bonds. The predicted octanol–water partition coefficient (Wildman–Crippen LogP) is 2.29. The molecule has 7 heteroatoms. The molecular formula is C11H12BrN3O2S. The largest absolute Gasteiger partial charge is 0.276 e. The Kier molecular flexibility index (Phi) is 3.45. The molecule has 0 fully saturated rings. The molecule has 0 saturated carbocycles. The highest BCUT2D eigenvalue weighted by atomic mass is 79.9. The topological polar surface area (TPSA) is 64.0 Å². The maximum Gasteiger partial charge on any atom is 0.262 e. The van der Waals surface area contributed by atoms with Crippen LogP contribution in [0.25, 0.3) is 0 Å². The number of benzene rings is 1. The van der Waals surface area contributed by atoms with E-state index in [-0.39, 0.29) is 4.90 Å². The zero-order valence-electron chi connectivity index (χ0n) is 9.88. The lowest BCUT2D eigenvalue weighted by molar-refractivity contribution is 0.601. The summed E-state index contributed by atoms with van der Waals surface area (Å²) in [5.74, 6) is 0. The van der Waals surface area contributed by atoms with Gasteiger partial charge in [-0.1, -0.05) is 15.9 Å². The van der Waals surface area contributed by atoms with Gasteiger partial charge in [0.15, 0.2) is 0 Å². The summed E-state index contributed by atoms with van der Waals surface area (Å²) in [5.41, 5.74) is 1.12. The molecule has 0 aliphatic heterocycles. The summed E-state index contributed by atoms with van der Waals surface area (Å²) >= 11 is 3.27. The molecular weight excluding hydrogens is 318 g/mol. The fourth-order valence-corrected chi connectivity index (χ4v) is 2.88. The van der Waals surface area contributed by atoms with Gasteiger partial charge in [0.05, 0.1) is 16.3 Å². The van der Waals surface area contributed by atoms with Gasteiger partial charge in [-0.15, -0.1) is 0 Å². The lowest BCUT2D eigenvalue weighted by atomic mass is 10.4. The molecule has 0 aliphatic rings. The van der Waals surface area contributed by atoms with Crippen LogP contribution in [-0.2, 0) is 17.1 Å². The number of nitrogens with zero attached hydrogens (tertiary/aromatic N) is 2. The number of rotatable bonds is 3. The van der Waals surface area contributed by atoms with Crippen molar-refractivity contribution in [3.63, 3.8) is 0 Å². The number of anilines is 1. The van der Waals surface area contributed by atoms with E-state index < -0.39 is 10.0 Å². The first-order valence-corrected chi connectivity index (χ1v) is 7.45. The van der Waals surface area contributed by atoms with Crippen molar-refractivity contribution < 1.29 is 8.42 Å². The molecule has 18 heavy (non-hydrogen) atoms. The van der Waals surface area contributed by atoms with Crippen LogP contribution >= 0.6 is 15.9 Å². The van der Waals surface area contributed by atoms with E-state index in [1.807, 2.05) is 0 Å². The lowest BCUT2D eigenvalue weighted by Gasteiger charge is -2.06. The molecule has 1 heterocycles. The Labute approximate surface area is 114 Å². The average Bonchev–Trinajstić information content (AvgIpc) is 2.57. The normalized spacial score (nSPS) is 11.5. The number of aryl methyl sites for hydroxylation is 2. The summed E-state index contributed by atoms with van der Waals surface area (Å²) in [6.45, 7) is 1.75. The molecule has 96 valence electrons. The molecule has 5 nitrogen and oxygen atoms in total. The molecule has 2 aromatic rings. The highest BCUT2D eigenvalue weighted by molar-refractivity contribution is 9.10. The molecule has 1 N–H and O–H groups in total. The molecule has 0 aliphatic carbocycles. The maximum absolute atomic E-state index is 12.1. The SMILES string of the molecule is Cc1nn(C)cc1NS(=O)(=O)c1ccc(Br)cc1. The van der Waals surface area contributed by atoms with Gasteiger partial charge >= 0.3 is 0 Å². The van der Waals surface area contributed by atoms with Crippen molar-refractivity contribution in [3.8, 4) is 0 Å². The van der Waals surface area contributed by atoms with Crippen LogP contribution in [0.2, 0.25) is 0 Å². The fraction of sp³-hybridized carbons (Fsp3) is 0.182. The third-order valence-electron chi connectivity index (χ3n) is 2.38. The second kappa shape index (κ2) is 4.74. The van der Waals surface area contributed by atoms with Gasteiger partial charge in [-0.25, -0.2) is 8.42 Å². The van der Waals surface area contributed by atoms with Crippen LogP contribution in [0.3, 0.4) is 0 Å². The van der Waals surface area contributed by atoms with Crippen LogP contribution in [0.15, 0.2) is 39.8 Å². The summed E-state index contributed by atoms with van der Waals surface area (Å²) in [6, 6.07) is 6.45. The Bertz CT molecular complexity index is 662. The molecule has 0 atom stereocenters. The standard InChI is InChI=1S/C11H12BrN3O2S/c1-8-11(7-15(2)13-8)14-18(16,17)10-5-3-9(12)4-6-10/h3-7,14H,1-2H3. The van der Waals surface area contributed by atoms with E-state index in [0.717, 1.165) is 4.47 Å². The third kappa shape index (κ3) is 2.73. The van der Waals surface area contributed by atoms with Gasteiger partial charge in [0.1, 0.15) is 0 Å². The van der Waals surface area contributed by atoms with E-state index in [4.69, 9.17) is 0 Å². The Morgan fingerprint density at radius 3 is 2.39 bits per heavy atom. The number of nitrogens with one attached hydrogen (secondary N) is 1. The van der Waals surface area contributed by atoms with Gasteiger partial charge in [-0.3, -0.25) is 9.40 Å². The quantitative estimate of drug-likeness (QED) is 0.939. The molecule has 1 aromatic carbocycles. The fourth-order valence-electron chi connectivity index (χ4n) is 1.52. The van der Waals surface area contributed by atoms with Crippen molar-refractivity contribution >= 4 is 31.6 Å². The van der Waals surface area contributed by atoms with Crippen LogP contribution in [0.1, 0.15) is 5.69 Å². The first kappa shape index (κ1) is 13.1. The third-order valence-corrected chi connectivity index (χ3v) is 4.29. The minimum absolute atomic E-state index is 0.217. The predicted molar refractivity (Wildman–Crippen MR) is 72.9 cm³/mol. The number of hydrogen-bond donors (Lipinski definition) is 1. The summed E-state index contributed by atoms with van der Waals surface area (Å²) in [5, 5.41) is 4.09. The highest BCUT2D eigenvalue weighted by Crippen LogP contribution is 2.20. The second-order valence-electron chi connectivity index (χ2n) is 3.86. The number of aromatic nitrogens is 2. The first-order valence-electron chi connectivity index (χ1n) is 5.17. The zero-order valence-corrected chi connectivity index (χ0v) is 12.3. The van der Waals surface area contributed by atoms with Gasteiger partial charge in [0.25, 0.3) is 10.0 Å². The van der Waals surface area contributed by atoms with Crippen molar-refractivity contribution in [1.29, 1.82) is 0 Å². The molecule has 0 saturated heterocycles. The van der Waals surface area contributed by atoms with Gasteiger partial charge in [-0.05, 0) is 31.2 Å². The Morgan fingerprint density at radius 1 is 1.28 bits per heavy atom. The van der Waals surface area contributed by atoms with Crippen LogP contribution in [0.4, 0.5) is 5.69 Å². The molecule has 2 rings (SSSR count). The van der Waals surface area contributed by atoms with Crippen molar-refractivity contribution in [2.75, 3.05) is 4.72 Å². The van der Waals surface area contributed by atoms with E-state index in [1.54, 1.807) is 37.0 Å². The molecule has 0 unspecified atom stereocenters. The van der Waals surface area contributed by atoms with Crippen LogP contribution < -0.4 is 4.72 Å². The van der Waals surface area contributed by atoms with Gasteiger partial charge in [-0.2, -0.15) is 5.10 Å².